The Labute approximate surface area is 140 Å². The molecular weight excluding hydrogens is 323 g/mol. The number of carbonyl (C=O) groups excluding carboxylic acids is 1. The molecule has 1 aromatic rings. The summed E-state index contributed by atoms with van der Waals surface area (Å²) in [5.41, 5.74) is 0.573. The van der Waals surface area contributed by atoms with Crippen molar-refractivity contribution < 1.29 is 9.90 Å². The van der Waals surface area contributed by atoms with Crippen LogP contribution in [0.4, 0.5) is 0 Å². The molecule has 1 aromatic carbocycles. The summed E-state index contributed by atoms with van der Waals surface area (Å²) in [6.07, 6.45) is 2.83. The molecule has 1 amide bonds. The molecule has 1 heterocycles. The van der Waals surface area contributed by atoms with Crippen molar-refractivity contribution in [2.24, 2.45) is 0 Å². The quantitative estimate of drug-likeness (QED) is 0.898. The summed E-state index contributed by atoms with van der Waals surface area (Å²) in [5, 5.41) is 10.9. The van der Waals surface area contributed by atoms with Crippen LogP contribution in [0.25, 0.3) is 0 Å². The summed E-state index contributed by atoms with van der Waals surface area (Å²) < 4.78 is 0. The molecule has 4 nitrogen and oxygen atoms in total. The minimum atomic E-state index is -0.211. The highest BCUT2D eigenvalue weighted by Gasteiger charge is 2.33. The number of halogens is 2. The van der Waals surface area contributed by atoms with Crippen LogP contribution in [0, 0.1) is 0 Å². The van der Waals surface area contributed by atoms with Crippen molar-refractivity contribution in [2.45, 2.75) is 31.4 Å². The van der Waals surface area contributed by atoms with Crippen molar-refractivity contribution in [1.29, 1.82) is 0 Å². The van der Waals surface area contributed by atoms with Gasteiger partial charge in [0.1, 0.15) is 0 Å². The van der Waals surface area contributed by atoms with Crippen LogP contribution in [0.1, 0.15) is 29.6 Å². The maximum absolute atomic E-state index is 12.5. The Bertz CT molecular complexity index is 559. The Hall–Kier alpha value is -0.810. The van der Waals surface area contributed by atoms with Gasteiger partial charge in [-0.15, -0.1) is 0 Å². The average Bonchev–Trinajstić information content (AvgIpc) is 2.95. The standard InChI is InChI=1S/C16H20Cl2N2O2/c17-12-5-4-11(10-13(12)18)16(22)20-8-6-19(7-9-20)14-2-1-3-15(14)21/h4-5,10,14-15,21H,1-3,6-9H2/t14-,15+/m1/s1. The van der Waals surface area contributed by atoms with Gasteiger partial charge in [0, 0.05) is 37.8 Å². The predicted molar refractivity (Wildman–Crippen MR) is 87.6 cm³/mol. The van der Waals surface area contributed by atoms with E-state index in [1.807, 2.05) is 4.90 Å². The van der Waals surface area contributed by atoms with Crippen LogP contribution in [-0.2, 0) is 0 Å². The molecule has 0 unspecified atom stereocenters. The maximum atomic E-state index is 12.5. The molecule has 6 heteroatoms. The highest BCUT2D eigenvalue weighted by molar-refractivity contribution is 6.42. The van der Waals surface area contributed by atoms with Crippen LogP contribution < -0.4 is 0 Å². The van der Waals surface area contributed by atoms with Gasteiger partial charge in [0.2, 0.25) is 0 Å². The largest absolute Gasteiger partial charge is 0.391 e. The third kappa shape index (κ3) is 3.25. The van der Waals surface area contributed by atoms with Crippen molar-refractivity contribution >= 4 is 29.1 Å². The second kappa shape index (κ2) is 6.75. The highest BCUT2D eigenvalue weighted by atomic mass is 35.5. The number of aliphatic hydroxyl groups excluding tert-OH is 1. The van der Waals surface area contributed by atoms with E-state index in [0.29, 0.717) is 28.7 Å². The fraction of sp³-hybridized carbons (Fsp3) is 0.562. The Morgan fingerprint density at radius 1 is 1.09 bits per heavy atom. The van der Waals surface area contributed by atoms with E-state index in [2.05, 4.69) is 4.90 Å². The molecule has 1 saturated carbocycles. The van der Waals surface area contributed by atoms with Gasteiger partial charge in [-0.25, -0.2) is 0 Å². The van der Waals surface area contributed by atoms with Gasteiger partial charge in [-0.05, 0) is 37.5 Å². The first kappa shape index (κ1) is 16.1. The molecule has 120 valence electrons. The highest BCUT2D eigenvalue weighted by Crippen LogP contribution is 2.26. The van der Waals surface area contributed by atoms with E-state index in [-0.39, 0.29) is 18.1 Å². The number of aliphatic hydroxyl groups is 1. The Morgan fingerprint density at radius 3 is 2.41 bits per heavy atom. The van der Waals surface area contributed by atoms with Crippen molar-refractivity contribution in [1.82, 2.24) is 9.80 Å². The van der Waals surface area contributed by atoms with Gasteiger partial charge in [-0.1, -0.05) is 23.2 Å². The normalized spacial score (nSPS) is 26.4. The third-order valence-corrected chi connectivity index (χ3v) is 5.42. The fourth-order valence-electron chi connectivity index (χ4n) is 3.42. The molecule has 22 heavy (non-hydrogen) atoms. The molecular formula is C16H20Cl2N2O2. The lowest BCUT2D eigenvalue weighted by Crippen LogP contribution is -2.53. The van der Waals surface area contributed by atoms with Gasteiger partial charge >= 0.3 is 0 Å². The second-order valence-corrected chi connectivity index (χ2v) is 6.84. The van der Waals surface area contributed by atoms with Crippen molar-refractivity contribution in [2.75, 3.05) is 26.2 Å². The zero-order valence-electron chi connectivity index (χ0n) is 12.3. The Kier molecular flexibility index (Phi) is 4.93. The van der Waals surface area contributed by atoms with Gasteiger partial charge < -0.3 is 10.0 Å². The summed E-state index contributed by atoms with van der Waals surface area (Å²) in [4.78, 5) is 16.7. The van der Waals surface area contributed by atoms with E-state index in [9.17, 15) is 9.90 Å². The predicted octanol–water partition coefficient (Wildman–Crippen LogP) is 2.66. The lowest BCUT2D eigenvalue weighted by Gasteiger charge is -2.39. The molecule has 0 spiro atoms. The van der Waals surface area contributed by atoms with Gasteiger partial charge in [0.15, 0.2) is 0 Å². The van der Waals surface area contributed by atoms with Crippen molar-refractivity contribution in [3.05, 3.63) is 33.8 Å². The smallest absolute Gasteiger partial charge is 0.253 e. The van der Waals surface area contributed by atoms with E-state index in [1.54, 1.807) is 18.2 Å². The molecule has 1 N–H and O–H groups in total. The number of benzene rings is 1. The van der Waals surface area contributed by atoms with E-state index in [1.165, 1.54) is 0 Å². The van der Waals surface area contributed by atoms with Gasteiger partial charge in [0.05, 0.1) is 16.1 Å². The molecule has 1 aliphatic carbocycles. The molecule has 0 bridgehead atoms. The molecule has 3 rings (SSSR count). The Balaban J connectivity index is 1.61. The molecule has 2 atom stereocenters. The summed E-state index contributed by atoms with van der Waals surface area (Å²) in [5.74, 6) is -0.00909. The van der Waals surface area contributed by atoms with E-state index in [0.717, 1.165) is 32.4 Å². The summed E-state index contributed by atoms with van der Waals surface area (Å²) >= 11 is 11.9. The third-order valence-electron chi connectivity index (χ3n) is 4.68. The van der Waals surface area contributed by atoms with Crippen LogP contribution in [0.5, 0.6) is 0 Å². The SMILES string of the molecule is O=C(c1ccc(Cl)c(Cl)c1)N1CCN([C@@H]2CCC[C@@H]2O)CC1. The van der Waals surface area contributed by atoms with E-state index in [4.69, 9.17) is 23.2 Å². The van der Waals surface area contributed by atoms with Gasteiger partial charge in [0.25, 0.3) is 5.91 Å². The first-order chi connectivity index (χ1) is 10.6. The fourth-order valence-corrected chi connectivity index (χ4v) is 3.71. The summed E-state index contributed by atoms with van der Waals surface area (Å²) in [7, 11) is 0. The lowest BCUT2D eigenvalue weighted by molar-refractivity contribution is 0.0315. The van der Waals surface area contributed by atoms with E-state index >= 15 is 0 Å². The van der Waals surface area contributed by atoms with Crippen LogP contribution >= 0.6 is 23.2 Å². The number of hydrogen-bond acceptors (Lipinski definition) is 3. The molecule has 2 fully saturated rings. The molecule has 1 saturated heterocycles. The van der Waals surface area contributed by atoms with Gasteiger partial charge in [-0.2, -0.15) is 0 Å². The zero-order chi connectivity index (χ0) is 15.7. The average molecular weight is 343 g/mol. The number of rotatable bonds is 2. The molecule has 1 aliphatic heterocycles. The number of nitrogens with zero attached hydrogens (tertiary/aromatic N) is 2. The molecule has 0 radical (unpaired) electrons. The first-order valence-corrected chi connectivity index (χ1v) is 8.48. The Morgan fingerprint density at radius 2 is 1.82 bits per heavy atom. The summed E-state index contributed by atoms with van der Waals surface area (Å²) in [6.45, 7) is 2.99. The lowest BCUT2D eigenvalue weighted by atomic mass is 10.1. The second-order valence-electron chi connectivity index (χ2n) is 6.02. The summed E-state index contributed by atoms with van der Waals surface area (Å²) in [6, 6.07) is 5.26. The van der Waals surface area contributed by atoms with Crippen molar-refractivity contribution in [3.8, 4) is 0 Å². The van der Waals surface area contributed by atoms with Crippen LogP contribution in [0.3, 0.4) is 0 Å². The number of piperazine rings is 1. The van der Waals surface area contributed by atoms with Crippen LogP contribution in [-0.4, -0.2) is 59.1 Å². The monoisotopic (exact) mass is 342 g/mol. The maximum Gasteiger partial charge on any atom is 0.253 e. The number of hydrogen-bond donors (Lipinski definition) is 1. The van der Waals surface area contributed by atoms with Gasteiger partial charge in [-0.3, -0.25) is 9.69 Å². The minimum absolute atomic E-state index is 0.00909. The van der Waals surface area contributed by atoms with Crippen LogP contribution in [0.2, 0.25) is 10.0 Å². The topological polar surface area (TPSA) is 43.8 Å². The van der Waals surface area contributed by atoms with Crippen molar-refractivity contribution in [3.63, 3.8) is 0 Å². The minimum Gasteiger partial charge on any atom is -0.391 e. The molecule has 0 aromatic heterocycles. The number of amides is 1. The molecule has 2 aliphatic rings. The zero-order valence-corrected chi connectivity index (χ0v) is 13.9. The number of carbonyl (C=O) groups is 1. The first-order valence-electron chi connectivity index (χ1n) is 7.72. The van der Waals surface area contributed by atoms with Crippen LogP contribution in [0.15, 0.2) is 18.2 Å². The van der Waals surface area contributed by atoms with E-state index < -0.39 is 0 Å².